The Morgan fingerprint density at radius 1 is 1.28 bits per heavy atom. The summed E-state index contributed by atoms with van der Waals surface area (Å²) in [5.74, 6) is -0.517. The van der Waals surface area contributed by atoms with E-state index in [1.165, 1.54) is 4.31 Å². The number of piperazine rings is 1. The van der Waals surface area contributed by atoms with Crippen LogP contribution in [0.15, 0.2) is 24.3 Å². The molecule has 7 nitrogen and oxygen atoms in total. The molecule has 2 heterocycles. The summed E-state index contributed by atoms with van der Waals surface area (Å²) >= 11 is 5.93. The lowest BCUT2D eigenvalue weighted by atomic mass is 10.1. The number of carbonyl (C=O) groups excluding carboxylic acids is 2. The molecule has 0 aliphatic carbocycles. The number of nitrogens with zero attached hydrogens (tertiary/aromatic N) is 2. The predicted molar refractivity (Wildman–Crippen MR) is 93.9 cm³/mol. The topological polar surface area (TPSA) is 86.8 Å². The first-order chi connectivity index (χ1) is 11.9. The second kappa shape index (κ2) is 7.31. The lowest BCUT2D eigenvalue weighted by Gasteiger charge is -2.36. The molecule has 0 spiro atoms. The molecule has 2 aliphatic heterocycles. The third-order valence-corrected chi connectivity index (χ3v) is 7.02. The number of nitrogens with one attached hydrogen (secondary N) is 1. The summed E-state index contributed by atoms with van der Waals surface area (Å²) in [6.07, 6.45) is 1.09. The van der Waals surface area contributed by atoms with Crippen LogP contribution in [0.3, 0.4) is 0 Å². The zero-order valence-corrected chi connectivity index (χ0v) is 15.2. The highest BCUT2D eigenvalue weighted by Crippen LogP contribution is 2.23. The Balaban J connectivity index is 1.74. The molecule has 0 bridgehead atoms. The normalized spacial score (nSPS) is 22.5. The van der Waals surface area contributed by atoms with Gasteiger partial charge in [-0.1, -0.05) is 17.7 Å². The number of amides is 2. The van der Waals surface area contributed by atoms with E-state index >= 15 is 0 Å². The van der Waals surface area contributed by atoms with Crippen LogP contribution in [0.5, 0.6) is 0 Å². The highest BCUT2D eigenvalue weighted by Gasteiger charge is 2.38. The highest BCUT2D eigenvalue weighted by molar-refractivity contribution is 7.89. The molecule has 2 saturated heterocycles. The van der Waals surface area contributed by atoms with E-state index in [-0.39, 0.29) is 31.4 Å². The number of rotatable bonds is 3. The third kappa shape index (κ3) is 3.96. The van der Waals surface area contributed by atoms with Gasteiger partial charge in [-0.25, -0.2) is 8.42 Å². The van der Waals surface area contributed by atoms with Gasteiger partial charge in [0.25, 0.3) is 5.91 Å². The van der Waals surface area contributed by atoms with Crippen LogP contribution in [0.4, 0.5) is 0 Å². The molecule has 1 unspecified atom stereocenters. The summed E-state index contributed by atoms with van der Waals surface area (Å²) in [7, 11) is -3.62. The number of piperidine rings is 1. The van der Waals surface area contributed by atoms with Crippen LogP contribution in [-0.2, 0) is 14.8 Å². The second-order valence-corrected chi connectivity index (χ2v) is 8.90. The van der Waals surface area contributed by atoms with Crippen molar-refractivity contribution in [1.82, 2.24) is 14.5 Å². The highest BCUT2D eigenvalue weighted by atomic mass is 35.5. The minimum atomic E-state index is -3.62. The average Bonchev–Trinajstić information content (AvgIpc) is 2.61. The Labute approximate surface area is 152 Å². The molecular formula is C16H20ClN3O4S. The lowest BCUT2D eigenvalue weighted by Crippen LogP contribution is -2.55. The molecule has 1 aromatic carbocycles. The molecule has 9 heteroatoms. The third-order valence-electron chi connectivity index (χ3n) is 4.52. The maximum atomic E-state index is 12.8. The number of carbonyl (C=O) groups is 2. The summed E-state index contributed by atoms with van der Waals surface area (Å²) in [6, 6.07) is 6.63. The minimum absolute atomic E-state index is 0.131. The van der Waals surface area contributed by atoms with Crippen molar-refractivity contribution in [3.63, 3.8) is 0 Å². The number of sulfonamides is 1. The van der Waals surface area contributed by atoms with Crippen molar-refractivity contribution in [2.24, 2.45) is 0 Å². The van der Waals surface area contributed by atoms with Crippen LogP contribution in [0.25, 0.3) is 0 Å². The zero-order valence-electron chi connectivity index (χ0n) is 13.7. The van der Waals surface area contributed by atoms with E-state index in [0.29, 0.717) is 36.5 Å². The monoisotopic (exact) mass is 385 g/mol. The first-order valence-electron chi connectivity index (χ1n) is 8.18. The molecule has 3 rings (SSSR count). The van der Waals surface area contributed by atoms with E-state index in [1.807, 2.05) is 0 Å². The zero-order chi connectivity index (χ0) is 18.0. The van der Waals surface area contributed by atoms with Crippen molar-refractivity contribution in [3.05, 3.63) is 34.9 Å². The Hall–Kier alpha value is -1.64. The van der Waals surface area contributed by atoms with Gasteiger partial charge in [0.2, 0.25) is 15.9 Å². The summed E-state index contributed by atoms with van der Waals surface area (Å²) in [5.41, 5.74) is 0.447. The largest absolute Gasteiger partial charge is 0.354 e. The van der Waals surface area contributed by atoms with E-state index in [0.717, 1.165) is 0 Å². The SMILES string of the molecule is O=C1CN(S(=O)(=O)C2CCCN(C(=O)c3cccc(Cl)c3)C2)CCN1. The summed E-state index contributed by atoms with van der Waals surface area (Å²) < 4.78 is 26.9. The quantitative estimate of drug-likeness (QED) is 0.830. The van der Waals surface area contributed by atoms with Crippen LogP contribution in [0, 0.1) is 0 Å². The first kappa shape index (κ1) is 18.2. The van der Waals surface area contributed by atoms with Crippen LogP contribution in [0.2, 0.25) is 5.02 Å². The standard InChI is InChI=1S/C16H20ClN3O4S/c17-13-4-1-3-12(9-13)16(22)19-7-2-5-14(10-19)25(23,24)20-8-6-18-15(21)11-20/h1,3-4,9,14H,2,5-8,10-11H2,(H,18,21). The van der Waals surface area contributed by atoms with Gasteiger partial charge in [-0.2, -0.15) is 4.31 Å². The van der Waals surface area contributed by atoms with E-state index in [9.17, 15) is 18.0 Å². The van der Waals surface area contributed by atoms with Crippen molar-refractivity contribution >= 4 is 33.4 Å². The van der Waals surface area contributed by atoms with Gasteiger partial charge < -0.3 is 10.2 Å². The molecule has 2 amide bonds. The number of likely N-dealkylation sites (tertiary alicyclic amines) is 1. The molecule has 1 atom stereocenters. The van der Waals surface area contributed by atoms with Crippen LogP contribution >= 0.6 is 11.6 Å². The Kier molecular flexibility index (Phi) is 5.31. The van der Waals surface area contributed by atoms with Gasteiger partial charge in [0.1, 0.15) is 0 Å². The molecule has 136 valence electrons. The molecule has 0 aromatic heterocycles. The van der Waals surface area contributed by atoms with Crippen LogP contribution in [0.1, 0.15) is 23.2 Å². The van der Waals surface area contributed by atoms with Gasteiger partial charge in [-0.05, 0) is 31.0 Å². The predicted octanol–water partition coefficient (Wildman–Crippen LogP) is 0.706. The molecule has 1 N–H and O–H groups in total. The maximum absolute atomic E-state index is 12.8. The molecule has 2 fully saturated rings. The van der Waals surface area contributed by atoms with Gasteiger partial charge in [0.05, 0.1) is 11.8 Å². The number of halogens is 1. The van der Waals surface area contributed by atoms with Gasteiger partial charge in [0.15, 0.2) is 0 Å². The summed E-state index contributed by atoms with van der Waals surface area (Å²) in [4.78, 5) is 25.7. The van der Waals surface area contributed by atoms with Gasteiger partial charge in [0, 0.05) is 36.8 Å². The van der Waals surface area contributed by atoms with E-state index < -0.39 is 15.3 Å². The fraction of sp³-hybridized carbons (Fsp3) is 0.500. The Morgan fingerprint density at radius 2 is 2.08 bits per heavy atom. The van der Waals surface area contributed by atoms with Gasteiger partial charge in [-0.3, -0.25) is 9.59 Å². The lowest BCUT2D eigenvalue weighted by molar-refractivity contribution is -0.122. The summed E-state index contributed by atoms with van der Waals surface area (Å²) in [5, 5.41) is 2.40. The molecular weight excluding hydrogens is 366 g/mol. The van der Waals surface area contributed by atoms with Gasteiger partial charge in [-0.15, -0.1) is 0 Å². The average molecular weight is 386 g/mol. The maximum Gasteiger partial charge on any atom is 0.253 e. The number of benzene rings is 1. The number of hydrogen-bond acceptors (Lipinski definition) is 4. The summed E-state index contributed by atoms with van der Waals surface area (Å²) in [6.45, 7) is 1.08. The Bertz CT molecular complexity index is 783. The van der Waals surface area contributed by atoms with Gasteiger partial charge >= 0.3 is 0 Å². The molecule has 25 heavy (non-hydrogen) atoms. The fourth-order valence-electron chi connectivity index (χ4n) is 3.21. The molecule has 0 radical (unpaired) electrons. The van der Waals surface area contributed by atoms with Crippen molar-refractivity contribution in [3.8, 4) is 0 Å². The van der Waals surface area contributed by atoms with Crippen LogP contribution in [-0.4, -0.2) is 67.4 Å². The van der Waals surface area contributed by atoms with Crippen molar-refractivity contribution in [2.45, 2.75) is 18.1 Å². The number of hydrogen-bond donors (Lipinski definition) is 1. The second-order valence-electron chi connectivity index (χ2n) is 6.25. The molecule has 1 aromatic rings. The van der Waals surface area contributed by atoms with E-state index in [4.69, 9.17) is 11.6 Å². The van der Waals surface area contributed by atoms with Crippen LogP contribution < -0.4 is 5.32 Å². The first-order valence-corrected chi connectivity index (χ1v) is 10.1. The van der Waals surface area contributed by atoms with Crippen molar-refractivity contribution in [1.29, 1.82) is 0 Å². The minimum Gasteiger partial charge on any atom is -0.354 e. The smallest absolute Gasteiger partial charge is 0.253 e. The van der Waals surface area contributed by atoms with Crippen molar-refractivity contribution in [2.75, 3.05) is 32.7 Å². The Morgan fingerprint density at radius 3 is 2.80 bits per heavy atom. The van der Waals surface area contributed by atoms with E-state index in [2.05, 4.69) is 5.32 Å². The molecule has 2 aliphatic rings. The van der Waals surface area contributed by atoms with Crippen molar-refractivity contribution < 1.29 is 18.0 Å². The fourth-order valence-corrected chi connectivity index (χ4v) is 5.30. The van der Waals surface area contributed by atoms with E-state index in [1.54, 1.807) is 29.2 Å². The molecule has 0 saturated carbocycles.